The molecule has 4 heteroatoms. The number of carbonyl (C=O) groups excluding carboxylic acids is 1. The van der Waals surface area contributed by atoms with E-state index in [9.17, 15) is 4.79 Å². The molecule has 0 atom stereocenters. The third kappa shape index (κ3) is 1.59. The van der Waals surface area contributed by atoms with E-state index in [2.05, 4.69) is 20.9 Å². The van der Waals surface area contributed by atoms with E-state index in [1.54, 1.807) is 0 Å². The van der Waals surface area contributed by atoms with Crippen molar-refractivity contribution in [1.82, 2.24) is 4.98 Å². The minimum Gasteiger partial charge on any atom is -0.292 e. The third-order valence-corrected chi connectivity index (χ3v) is 2.03. The van der Waals surface area contributed by atoms with Gasteiger partial charge in [-0.3, -0.25) is 4.79 Å². The van der Waals surface area contributed by atoms with Gasteiger partial charge in [0.05, 0.1) is 1.37 Å². The molecule has 0 bridgehead atoms. The van der Waals surface area contributed by atoms with Gasteiger partial charge in [0.15, 0.2) is 10.8 Å². The molecule has 48 valence electrons. The van der Waals surface area contributed by atoms with Crippen molar-refractivity contribution in [3.8, 4) is 0 Å². The largest absolute Gasteiger partial charge is 0.292 e. The average Bonchev–Trinajstić information content (AvgIpc) is 2.29. The number of nitrogens with zero attached hydrogens (tertiary/aromatic N) is 1. The van der Waals surface area contributed by atoms with Gasteiger partial charge in [0, 0.05) is 16.3 Å². The Hall–Kier alpha value is -0.220. The van der Waals surface area contributed by atoms with Gasteiger partial charge in [-0.15, -0.1) is 11.3 Å². The third-order valence-electron chi connectivity index (χ3n) is 0.626. The molecular formula is C5H4BrNOS. The molecule has 2 nitrogen and oxygen atoms in total. The highest BCUT2D eigenvalue weighted by Gasteiger charge is 2.02. The first-order chi connectivity index (χ1) is 5.82. The molecule has 1 heterocycles. The molecule has 0 unspecified atom stereocenters. The molecule has 0 aliphatic carbocycles. The summed E-state index contributed by atoms with van der Waals surface area (Å²) in [5.41, 5.74) is 0. The van der Waals surface area contributed by atoms with Gasteiger partial charge in [-0.05, 0) is 15.9 Å². The summed E-state index contributed by atoms with van der Waals surface area (Å²) >= 11 is 3.68. The lowest BCUT2D eigenvalue weighted by Gasteiger charge is -1.79. The lowest BCUT2D eigenvalue weighted by molar-refractivity contribution is 0.101. The van der Waals surface area contributed by atoms with Gasteiger partial charge in [-0.1, -0.05) is 0 Å². The summed E-state index contributed by atoms with van der Waals surface area (Å²) in [5.74, 6) is -1.02. The van der Waals surface area contributed by atoms with Crippen LogP contribution in [0.25, 0.3) is 0 Å². The van der Waals surface area contributed by atoms with Crippen LogP contribution in [0.5, 0.6) is 0 Å². The first kappa shape index (κ1) is 3.25. The summed E-state index contributed by atoms with van der Waals surface area (Å²) in [5, 5.41) is -0.107. The molecule has 0 aliphatic heterocycles. The Balaban J connectivity index is 3.03. The maximum Gasteiger partial charge on any atom is 0.188 e. The Kier molecular flexibility index (Phi) is 0.932. The molecule has 0 fully saturated rings. The number of Topliss-reactive ketones (excluding diaryl/α,β-unsaturated/α-hetero) is 1. The molecule has 1 aromatic heterocycles. The average molecular weight is 210 g/mol. The Morgan fingerprint density at radius 3 is 3.44 bits per heavy atom. The van der Waals surface area contributed by atoms with Crippen LogP contribution in [0.3, 0.4) is 0 Å². The summed E-state index contributed by atoms with van der Waals surface area (Å²) in [6, 6.07) is 0. The van der Waals surface area contributed by atoms with E-state index in [1.165, 1.54) is 0 Å². The van der Waals surface area contributed by atoms with Crippen LogP contribution in [0.1, 0.15) is 22.1 Å². The fraction of sp³-hybridized carbons (Fsp3) is 0.200. The summed E-state index contributed by atoms with van der Waals surface area (Å²) < 4.78 is 27.9. The Labute approximate surface area is 70.7 Å². The van der Waals surface area contributed by atoms with E-state index >= 15 is 0 Å². The molecule has 1 rings (SSSR count). The standard InChI is InChI=1S/C5H4BrNOS/c1-3(8)5-7-4(6)2-9-5/h2H,1H3/i1D3,2D. The van der Waals surface area contributed by atoms with Crippen molar-refractivity contribution in [3.05, 3.63) is 15.0 Å². The zero-order valence-electron chi connectivity index (χ0n) is 8.14. The number of hydrogen-bond donors (Lipinski definition) is 0. The molecule has 0 saturated carbocycles. The number of rotatable bonds is 1. The van der Waals surface area contributed by atoms with E-state index in [0.717, 1.165) is 11.3 Å². The van der Waals surface area contributed by atoms with Crippen LogP contribution in [-0.2, 0) is 0 Å². The van der Waals surface area contributed by atoms with Crippen molar-refractivity contribution in [2.45, 2.75) is 6.85 Å². The Morgan fingerprint density at radius 1 is 2.22 bits per heavy atom. The van der Waals surface area contributed by atoms with Crippen molar-refractivity contribution in [1.29, 1.82) is 0 Å². The minimum absolute atomic E-state index is 0.0487. The normalized spacial score (nSPS) is 17.4. The first-order valence-electron chi connectivity index (χ1n) is 4.00. The second kappa shape index (κ2) is 2.58. The van der Waals surface area contributed by atoms with Gasteiger partial charge in [-0.2, -0.15) is 0 Å². The molecule has 0 aromatic carbocycles. The lowest BCUT2D eigenvalue weighted by atomic mass is 10.5. The van der Waals surface area contributed by atoms with E-state index in [1.807, 2.05) is 0 Å². The second-order valence-electron chi connectivity index (χ2n) is 1.24. The van der Waals surface area contributed by atoms with Crippen molar-refractivity contribution in [2.24, 2.45) is 0 Å². The number of hydrogen-bond acceptors (Lipinski definition) is 3. The van der Waals surface area contributed by atoms with Crippen LogP contribution in [0.2, 0.25) is 0 Å². The zero-order chi connectivity index (χ0) is 10.2. The quantitative estimate of drug-likeness (QED) is 0.664. The SMILES string of the molecule is [2H]c1sc(C(=O)C([2H])([2H])[2H])nc1Br. The molecule has 0 N–H and O–H groups in total. The van der Waals surface area contributed by atoms with Crippen LogP contribution in [0, 0.1) is 0 Å². The van der Waals surface area contributed by atoms with Crippen LogP contribution in [0.15, 0.2) is 9.96 Å². The maximum atomic E-state index is 11.1. The monoisotopic (exact) mass is 209 g/mol. The topological polar surface area (TPSA) is 30.0 Å². The van der Waals surface area contributed by atoms with E-state index in [0.29, 0.717) is 0 Å². The van der Waals surface area contributed by atoms with E-state index < -0.39 is 12.6 Å². The van der Waals surface area contributed by atoms with Crippen LogP contribution in [0.4, 0.5) is 0 Å². The molecule has 9 heavy (non-hydrogen) atoms. The van der Waals surface area contributed by atoms with Crippen LogP contribution in [-0.4, -0.2) is 10.8 Å². The molecule has 0 aliphatic rings. The van der Waals surface area contributed by atoms with Crippen molar-refractivity contribution in [2.75, 3.05) is 0 Å². The van der Waals surface area contributed by atoms with Crippen molar-refractivity contribution < 1.29 is 10.3 Å². The number of carbonyl (C=O) groups is 1. The highest BCUT2D eigenvalue weighted by atomic mass is 79.9. The predicted molar refractivity (Wildman–Crippen MR) is 39.8 cm³/mol. The van der Waals surface area contributed by atoms with Crippen molar-refractivity contribution in [3.63, 3.8) is 0 Å². The molecule has 0 saturated heterocycles. The van der Waals surface area contributed by atoms with Crippen LogP contribution >= 0.6 is 27.3 Å². The molecule has 1 aromatic rings. The number of aromatic nitrogens is 1. The maximum absolute atomic E-state index is 11.1. The lowest BCUT2D eigenvalue weighted by Crippen LogP contribution is -1.88. The Bertz CT molecular complexity index is 327. The van der Waals surface area contributed by atoms with Gasteiger partial charge in [0.2, 0.25) is 0 Å². The van der Waals surface area contributed by atoms with Crippen molar-refractivity contribution >= 4 is 33.0 Å². The van der Waals surface area contributed by atoms with Gasteiger partial charge in [0.25, 0.3) is 0 Å². The fourth-order valence-corrected chi connectivity index (χ4v) is 1.32. The predicted octanol–water partition coefficient (Wildman–Crippen LogP) is 2.11. The summed E-state index contributed by atoms with van der Waals surface area (Å²) in [6.45, 7) is -2.68. The number of ketones is 1. The van der Waals surface area contributed by atoms with Gasteiger partial charge in [0.1, 0.15) is 4.60 Å². The molecule has 0 radical (unpaired) electrons. The van der Waals surface area contributed by atoms with E-state index in [4.69, 9.17) is 5.48 Å². The zero-order valence-corrected chi connectivity index (χ0v) is 6.54. The number of halogens is 1. The minimum atomic E-state index is -2.68. The first-order valence-corrected chi connectivity index (χ1v) is 3.61. The molecule has 0 amide bonds. The van der Waals surface area contributed by atoms with Gasteiger partial charge in [-0.25, -0.2) is 4.98 Å². The van der Waals surface area contributed by atoms with Gasteiger partial charge < -0.3 is 0 Å². The fourth-order valence-electron chi connectivity index (χ4n) is 0.322. The summed E-state index contributed by atoms with van der Waals surface area (Å²) in [4.78, 5) is 14.7. The molecular weight excluding hydrogens is 202 g/mol. The highest BCUT2D eigenvalue weighted by molar-refractivity contribution is 9.10. The smallest absolute Gasteiger partial charge is 0.188 e. The highest BCUT2D eigenvalue weighted by Crippen LogP contribution is 2.14. The Morgan fingerprint density at radius 2 is 3.00 bits per heavy atom. The van der Waals surface area contributed by atoms with Crippen LogP contribution < -0.4 is 0 Å². The summed E-state index contributed by atoms with van der Waals surface area (Å²) in [6.07, 6.45) is 0. The number of thiazole rings is 1. The van der Waals surface area contributed by atoms with E-state index in [-0.39, 0.29) is 15.0 Å². The summed E-state index contributed by atoms with van der Waals surface area (Å²) in [7, 11) is 0. The molecule has 0 spiro atoms. The van der Waals surface area contributed by atoms with Gasteiger partial charge >= 0.3 is 0 Å². The second-order valence-corrected chi connectivity index (χ2v) is 2.79.